The third kappa shape index (κ3) is 3.03. The number of phenolic OH excluding ortho intramolecular Hbond substituents is 1. The van der Waals surface area contributed by atoms with Gasteiger partial charge in [0, 0.05) is 11.8 Å². The number of amides is 1. The fourth-order valence-electron chi connectivity index (χ4n) is 1.83. The number of benzene rings is 1. The summed E-state index contributed by atoms with van der Waals surface area (Å²) in [6, 6.07) is 3.36. The highest BCUT2D eigenvalue weighted by Crippen LogP contribution is 2.43. The molecule has 21 heavy (non-hydrogen) atoms. The van der Waals surface area contributed by atoms with Gasteiger partial charge in [0.05, 0.1) is 15.8 Å². The highest BCUT2D eigenvalue weighted by molar-refractivity contribution is 9.10. The molecule has 0 bridgehead atoms. The summed E-state index contributed by atoms with van der Waals surface area (Å²) in [7, 11) is 0. The van der Waals surface area contributed by atoms with Gasteiger partial charge in [-0.05, 0) is 28.9 Å². The van der Waals surface area contributed by atoms with Gasteiger partial charge in [0.2, 0.25) is 5.91 Å². The van der Waals surface area contributed by atoms with E-state index in [4.69, 9.17) is 4.74 Å². The lowest BCUT2D eigenvalue weighted by molar-refractivity contribution is -0.115. The third-order valence-corrected chi connectivity index (χ3v) is 4.60. The molecule has 1 aromatic carbocycles. The minimum Gasteiger partial charge on any atom is -0.505 e. The molecule has 0 aliphatic rings. The average Bonchev–Trinajstić information content (AvgIpc) is 2.82. The first kappa shape index (κ1) is 15.8. The maximum absolute atomic E-state index is 12.1. The molecule has 0 fully saturated rings. The molecular weight excluding hydrogens is 358 g/mol. The number of aromatic hydroxyl groups is 1. The van der Waals surface area contributed by atoms with Crippen molar-refractivity contribution in [3.63, 3.8) is 0 Å². The van der Waals surface area contributed by atoms with Crippen molar-refractivity contribution in [2.45, 2.75) is 20.3 Å². The molecule has 5 nitrogen and oxygen atoms in total. The van der Waals surface area contributed by atoms with Crippen molar-refractivity contribution in [1.82, 2.24) is 0 Å². The molecule has 1 amide bonds. The molecule has 1 aromatic heterocycles. The summed E-state index contributed by atoms with van der Waals surface area (Å²) < 4.78 is 6.10. The number of thiophene rings is 1. The van der Waals surface area contributed by atoms with Gasteiger partial charge in [-0.25, -0.2) is 4.79 Å². The number of carbonyl (C=O) groups excluding carboxylic acids is 2. The minimum atomic E-state index is -0.517. The monoisotopic (exact) mass is 371 g/mol. The Balaban J connectivity index is 2.64. The summed E-state index contributed by atoms with van der Waals surface area (Å²) in [5.74, 6) is -0.678. The number of phenols is 1. The largest absolute Gasteiger partial charge is 0.505 e. The van der Waals surface area contributed by atoms with Crippen LogP contribution in [0.4, 0.5) is 5.00 Å². The van der Waals surface area contributed by atoms with Crippen LogP contribution < -0.4 is 5.32 Å². The van der Waals surface area contributed by atoms with Gasteiger partial charge in [-0.2, -0.15) is 0 Å². The molecule has 0 aliphatic heterocycles. The van der Waals surface area contributed by atoms with Gasteiger partial charge >= 0.3 is 5.97 Å². The Bertz CT molecular complexity index is 711. The van der Waals surface area contributed by atoms with Crippen LogP contribution in [-0.4, -0.2) is 23.6 Å². The predicted molar refractivity (Wildman–Crippen MR) is 86.1 cm³/mol. The standard InChI is InChI=1S/C14H14BrNO4S/c1-3-9(17)16-13-10(14(19)20-4-2)7-5-6-8(15)11(18)12(7)21-13/h5-6,18H,3-4H2,1-2H3,(H,16,17). The summed E-state index contributed by atoms with van der Waals surface area (Å²) >= 11 is 4.39. The topological polar surface area (TPSA) is 75.6 Å². The van der Waals surface area contributed by atoms with Crippen molar-refractivity contribution in [2.75, 3.05) is 11.9 Å². The molecule has 0 atom stereocenters. The second-order valence-electron chi connectivity index (χ2n) is 4.20. The zero-order valence-corrected chi connectivity index (χ0v) is 13.9. The predicted octanol–water partition coefficient (Wildman–Crippen LogP) is 3.89. The lowest BCUT2D eigenvalue weighted by atomic mass is 10.1. The van der Waals surface area contributed by atoms with Crippen LogP contribution in [0.3, 0.4) is 0 Å². The van der Waals surface area contributed by atoms with E-state index in [-0.39, 0.29) is 23.8 Å². The number of rotatable bonds is 4. The molecule has 0 unspecified atom stereocenters. The highest BCUT2D eigenvalue weighted by atomic mass is 79.9. The molecule has 0 aliphatic carbocycles. The molecule has 2 N–H and O–H groups in total. The first-order valence-corrected chi connectivity index (χ1v) is 8.01. The fraction of sp³-hybridized carbons (Fsp3) is 0.286. The van der Waals surface area contributed by atoms with Crippen molar-refractivity contribution in [1.29, 1.82) is 0 Å². The van der Waals surface area contributed by atoms with Crippen molar-refractivity contribution < 1.29 is 19.4 Å². The Hall–Kier alpha value is -1.60. The third-order valence-electron chi connectivity index (χ3n) is 2.84. The van der Waals surface area contributed by atoms with Gasteiger partial charge in [-0.15, -0.1) is 11.3 Å². The number of hydrogen-bond acceptors (Lipinski definition) is 5. The molecule has 112 valence electrons. The van der Waals surface area contributed by atoms with Crippen molar-refractivity contribution in [3.05, 3.63) is 22.2 Å². The zero-order valence-electron chi connectivity index (χ0n) is 11.5. The average molecular weight is 372 g/mol. The number of halogens is 1. The van der Waals surface area contributed by atoms with Crippen molar-refractivity contribution >= 4 is 54.2 Å². The van der Waals surface area contributed by atoms with E-state index in [0.717, 1.165) is 11.3 Å². The van der Waals surface area contributed by atoms with E-state index < -0.39 is 5.97 Å². The SMILES string of the molecule is CCOC(=O)c1c(NC(=O)CC)sc2c(O)c(Br)ccc12. The van der Waals surface area contributed by atoms with Crippen LogP contribution in [0.15, 0.2) is 16.6 Å². The maximum atomic E-state index is 12.1. The van der Waals surface area contributed by atoms with Gasteiger partial charge in [-0.1, -0.05) is 13.0 Å². The summed E-state index contributed by atoms with van der Waals surface area (Å²) in [4.78, 5) is 23.8. The number of ether oxygens (including phenoxy) is 1. The second kappa shape index (κ2) is 6.44. The number of carbonyl (C=O) groups is 2. The Morgan fingerprint density at radius 1 is 1.38 bits per heavy atom. The summed E-state index contributed by atoms with van der Waals surface area (Å²) in [6.45, 7) is 3.67. The number of hydrogen-bond donors (Lipinski definition) is 2. The van der Waals surface area contributed by atoms with Gasteiger partial charge in [-0.3, -0.25) is 4.79 Å². The quantitative estimate of drug-likeness (QED) is 0.799. The summed E-state index contributed by atoms with van der Waals surface area (Å²) in [5, 5.41) is 13.7. The molecule has 2 aromatic rings. The lowest BCUT2D eigenvalue weighted by Crippen LogP contribution is -2.12. The van der Waals surface area contributed by atoms with Crippen LogP contribution in [0.2, 0.25) is 0 Å². The molecule has 2 rings (SSSR count). The zero-order chi connectivity index (χ0) is 15.6. The van der Waals surface area contributed by atoms with Crippen LogP contribution in [0.25, 0.3) is 10.1 Å². The normalized spacial score (nSPS) is 10.6. The Labute approximate surface area is 134 Å². The van der Waals surface area contributed by atoms with E-state index in [0.29, 0.717) is 26.0 Å². The number of esters is 1. The smallest absolute Gasteiger partial charge is 0.341 e. The Kier molecular flexibility index (Phi) is 4.84. The number of fused-ring (bicyclic) bond motifs is 1. The van der Waals surface area contributed by atoms with Gasteiger partial charge in [0.15, 0.2) is 0 Å². The van der Waals surface area contributed by atoms with E-state index in [2.05, 4.69) is 21.2 Å². The van der Waals surface area contributed by atoms with Crippen molar-refractivity contribution in [2.24, 2.45) is 0 Å². The summed E-state index contributed by atoms with van der Waals surface area (Å²) in [6.07, 6.45) is 0.298. The molecule has 0 spiro atoms. The molecular formula is C14H14BrNO4S. The second-order valence-corrected chi connectivity index (χ2v) is 6.08. The fourth-order valence-corrected chi connectivity index (χ4v) is 3.44. The van der Waals surface area contributed by atoms with E-state index >= 15 is 0 Å². The number of anilines is 1. The molecule has 0 radical (unpaired) electrons. The first-order chi connectivity index (χ1) is 9.99. The minimum absolute atomic E-state index is 0.0417. The van der Waals surface area contributed by atoms with E-state index in [1.54, 1.807) is 26.0 Å². The lowest BCUT2D eigenvalue weighted by Gasteiger charge is -2.05. The van der Waals surface area contributed by atoms with Gasteiger partial charge in [0.1, 0.15) is 16.3 Å². The Morgan fingerprint density at radius 3 is 2.71 bits per heavy atom. The van der Waals surface area contributed by atoms with Crippen LogP contribution in [0, 0.1) is 0 Å². The molecule has 1 heterocycles. The van der Waals surface area contributed by atoms with Crippen LogP contribution >= 0.6 is 27.3 Å². The summed E-state index contributed by atoms with van der Waals surface area (Å²) in [5.41, 5.74) is 0.279. The maximum Gasteiger partial charge on any atom is 0.341 e. The van der Waals surface area contributed by atoms with Crippen molar-refractivity contribution in [3.8, 4) is 5.75 Å². The van der Waals surface area contributed by atoms with E-state index in [1.165, 1.54) is 0 Å². The van der Waals surface area contributed by atoms with Gasteiger partial charge < -0.3 is 15.2 Å². The highest BCUT2D eigenvalue weighted by Gasteiger charge is 2.23. The molecule has 0 saturated carbocycles. The van der Waals surface area contributed by atoms with Gasteiger partial charge in [0.25, 0.3) is 0 Å². The van der Waals surface area contributed by atoms with Crippen LogP contribution in [-0.2, 0) is 9.53 Å². The number of nitrogens with one attached hydrogen (secondary N) is 1. The molecule has 0 saturated heterocycles. The van der Waals surface area contributed by atoms with Crippen LogP contribution in [0.5, 0.6) is 5.75 Å². The Morgan fingerprint density at radius 2 is 2.10 bits per heavy atom. The van der Waals surface area contributed by atoms with Crippen LogP contribution in [0.1, 0.15) is 30.6 Å². The van der Waals surface area contributed by atoms with E-state index in [1.807, 2.05) is 0 Å². The van der Waals surface area contributed by atoms with E-state index in [9.17, 15) is 14.7 Å². The molecule has 7 heteroatoms. The first-order valence-electron chi connectivity index (χ1n) is 6.40.